The first-order chi connectivity index (χ1) is 6.33. The number of phenols is 1. The molecule has 0 saturated heterocycles. The minimum Gasteiger partial charge on any atom is -0.507 e. The normalized spacial score (nSPS) is 9.43. The van der Waals surface area contributed by atoms with Crippen LogP contribution in [0.1, 0.15) is 10.4 Å². The first-order valence-corrected chi connectivity index (χ1v) is 3.99. The van der Waals surface area contributed by atoms with Crippen molar-refractivity contribution in [1.82, 2.24) is 0 Å². The molecule has 2 aromatic rings. The summed E-state index contributed by atoms with van der Waals surface area (Å²) in [5.74, 6) is 0.0358. The van der Waals surface area contributed by atoms with E-state index in [0.29, 0.717) is 11.8 Å². The number of benzene rings is 2. The molecule has 0 aromatic heterocycles. The molecule has 0 amide bonds. The van der Waals surface area contributed by atoms with Crippen LogP contribution in [-0.4, -0.2) is 62.8 Å². The standard InChI is InChI=1S/C11H8O2.K/c12-7-10-9-4-2-1-3-8(9)5-6-11(10)13;/h1-7,13H;. The molecule has 14 heavy (non-hydrogen) atoms. The maximum atomic E-state index is 10.7. The van der Waals surface area contributed by atoms with Gasteiger partial charge in [0.25, 0.3) is 0 Å². The van der Waals surface area contributed by atoms with Gasteiger partial charge in [0.2, 0.25) is 0 Å². The fourth-order valence-corrected chi connectivity index (χ4v) is 1.41. The minimum absolute atomic E-state index is 0. The number of carbonyl (C=O) groups is 1. The van der Waals surface area contributed by atoms with E-state index >= 15 is 0 Å². The maximum Gasteiger partial charge on any atom is 0.154 e. The van der Waals surface area contributed by atoms with E-state index in [0.717, 1.165) is 10.8 Å². The number of carbonyl (C=O) groups excluding carboxylic acids is 1. The molecule has 1 N–H and O–H groups in total. The van der Waals surface area contributed by atoms with Crippen LogP contribution in [0.2, 0.25) is 0 Å². The Morgan fingerprint density at radius 3 is 2.50 bits per heavy atom. The van der Waals surface area contributed by atoms with Crippen molar-refractivity contribution < 1.29 is 9.90 Å². The Hall–Kier alpha value is -0.194. The number of hydrogen-bond donors (Lipinski definition) is 1. The molecular formula is C11H8KO2. The van der Waals surface area contributed by atoms with Gasteiger partial charge in [0.05, 0.1) is 5.56 Å². The summed E-state index contributed by atoms with van der Waals surface area (Å²) in [6, 6.07) is 10.8. The second-order valence-electron chi connectivity index (χ2n) is 2.84. The molecule has 0 atom stereocenters. The summed E-state index contributed by atoms with van der Waals surface area (Å²) < 4.78 is 0. The molecule has 2 aromatic carbocycles. The Balaban J connectivity index is 0.000000980. The SMILES string of the molecule is O=Cc1c(O)ccc2ccccc12.[K]. The quantitative estimate of drug-likeness (QED) is 0.578. The molecule has 1 radical (unpaired) electrons. The van der Waals surface area contributed by atoms with E-state index in [2.05, 4.69) is 0 Å². The van der Waals surface area contributed by atoms with Gasteiger partial charge in [-0.1, -0.05) is 30.3 Å². The van der Waals surface area contributed by atoms with Gasteiger partial charge >= 0.3 is 0 Å². The number of rotatable bonds is 1. The van der Waals surface area contributed by atoms with Crippen molar-refractivity contribution in [1.29, 1.82) is 0 Å². The van der Waals surface area contributed by atoms with Gasteiger partial charge in [0.1, 0.15) is 5.75 Å². The van der Waals surface area contributed by atoms with Crippen molar-refractivity contribution in [3.05, 3.63) is 42.0 Å². The predicted molar refractivity (Wildman–Crippen MR) is 56.8 cm³/mol. The van der Waals surface area contributed by atoms with Crippen molar-refractivity contribution in [2.45, 2.75) is 0 Å². The van der Waals surface area contributed by atoms with Gasteiger partial charge in [-0.15, -0.1) is 0 Å². The molecular weight excluding hydrogens is 203 g/mol. The van der Waals surface area contributed by atoms with Gasteiger partial charge in [-0.05, 0) is 16.8 Å². The molecule has 2 nitrogen and oxygen atoms in total. The van der Waals surface area contributed by atoms with Gasteiger partial charge in [-0.2, -0.15) is 0 Å². The summed E-state index contributed by atoms with van der Waals surface area (Å²) in [6.45, 7) is 0. The van der Waals surface area contributed by atoms with E-state index in [-0.39, 0.29) is 57.1 Å². The first kappa shape index (κ1) is 11.9. The van der Waals surface area contributed by atoms with Crippen LogP contribution < -0.4 is 0 Å². The van der Waals surface area contributed by atoms with E-state index in [4.69, 9.17) is 0 Å². The third-order valence-corrected chi connectivity index (χ3v) is 2.07. The van der Waals surface area contributed by atoms with Crippen LogP contribution in [-0.2, 0) is 0 Å². The third kappa shape index (κ3) is 2.07. The van der Waals surface area contributed by atoms with Crippen molar-refractivity contribution in [2.75, 3.05) is 0 Å². The molecule has 0 heterocycles. The number of fused-ring (bicyclic) bond motifs is 1. The van der Waals surface area contributed by atoms with E-state index in [1.54, 1.807) is 6.07 Å². The van der Waals surface area contributed by atoms with Crippen LogP contribution in [0.25, 0.3) is 10.8 Å². The molecule has 0 aliphatic rings. The molecule has 0 unspecified atom stereocenters. The molecule has 0 fully saturated rings. The van der Waals surface area contributed by atoms with E-state index in [9.17, 15) is 9.90 Å². The monoisotopic (exact) mass is 211 g/mol. The van der Waals surface area contributed by atoms with Crippen LogP contribution in [0, 0.1) is 0 Å². The van der Waals surface area contributed by atoms with Gasteiger partial charge in [0, 0.05) is 51.4 Å². The average molecular weight is 211 g/mol. The molecule has 0 spiro atoms. The van der Waals surface area contributed by atoms with E-state index in [1.807, 2.05) is 24.3 Å². The Kier molecular flexibility index (Phi) is 4.28. The van der Waals surface area contributed by atoms with Crippen LogP contribution >= 0.6 is 0 Å². The molecule has 0 aliphatic heterocycles. The average Bonchev–Trinajstić information content (AvgIpc) is 2.18. The van der Waals surface area contributed by atoms with E-state index < -0.39 is 0 Å². The zero-order valence-corrected chi connectivity index (χ0v) is 11.0. The fourth-order valence-electron chi connectivity index (χ4n) is 1.41. The Morgan fingerprint density at radius 1 is 1.07 bits per heavy atom. The van der Waals surface area contributed by atoms with Gasteiger partial charge in [-0.3, -0.25) is 4.79 Å². The number of aromatic hydroxyl groups is 1. The maximum absolute atomic E-state index is 10.7. The minimum atomic E-state index is 0. The van der Waals surface area contributed by atoms with Crippen molar-refractivity contribution in [2.24, 2.45) is 0 Å². The zero-order valence-electron chi connectivity index (χ0n) is 7.90. The molecule has 2 rings (SSSR count). The largest absolute Gasteiger partial charge is 0.507 e. The third-order valence-electron chi connectivity index (χ3n) is 2.07. The summed E-state index contributed by atoms with van der Waals surface area (Å²) in [5, 5.41) is 11.1. The smallest absolute Gasteiger partial charge is 0.154 e. The Bertz CT molecular complexity index is 466. The second kappa shape index (κ2) is 5.05. The van der Waals surface area contributed by atoms with E-state index in [1.165, 1.54) is 6.07 Å². The number of hydrogen-bond acceptors (Lipinski definition) is 2. The van der Waals surface area contributed by atoms with Crippen LogP contribution in [0.3, 0.4) is 0 Å². The van der Waals surface area contributed by atoms with Gasteiger partial charge in [0.15, 0.2) is 6.29 Å². The Morgan fingerprint density at radius 2 is 1.79 bits per heavy atom. The van der Waals surface area contributed by atoms with Crippen LogP contribution in [0.4, 0.5) is 0 Å². The molecule has 0 bridgehead atoms. The van der Waals surface area contributed by atoms with Crippen molar-refractivity contribution >= 4 is 68.4 Å². The van der Waals surface area contributed by atoms with Crippen molar-refractivity contribution in [3.8, 4) is 5.75 Å². The summed E-state index contributed by atoms with van der Waals surface area (Å²) in [6.07, 6.45) is 0.678. The predicted octanol–water partition coefficient (Wildman–Crippen LogP) is 1.98. The summed E-state index contributed by atoms with van der Waals surface area (Å²) in [7, 11) is 0. The van der Waals surface area contributed by atoms with Crippen LogP contribution in [0.15, 0.2) is 36.4 Å². The van der Waals surface area contributed by atoms with Gasteiger partial charge in [-0.25, -0.2) is 0 Å². The molecule has 0 aliphatic carbocycles. The molecule has 0 saturated carbocycles. The first-order valence-electron chi connectivity index (χ1n) is 3.99. The number of phenolic OH excluding ortho intramolecular Hbond substituents is 1. The zero-order chi connectivity index (χ0) is 9.26. The fraction of sp³-hybridized carbons (Fsp3) is 0. The summed E-state index contributed by atoms with van der Waals surface area (Å²) >= 11 is 0. The summed E-state index contributed by atoms with van der Waals surface area (Å²) in [5.41, 5.74) is 0.359. The number of aldehydes is 1. The Labute approximate surface area is 124 Å². The molecule has 65 valence electrons. The van der Waals surface area contributed by atoms with Crippen LogP contribution in [0.5, 0.6) is 5.75 Å². The second-order valence-corrected chi connectivity index (χ2v) is 2.84. The summed E-state index contributed by atoms with van der Waals surface area (Å²) in [4.78, 5) is 10.7. The van der Waals surface area contributed by atoms with Gasteiger partial charge < -0.3 is 5.11 Å². The molecule has 3 heteroatoms. The topological polar surface area (TPSA) is 37.3 Å². The van der Waals surface area contributed by atoms with Crippen molar-refractivity contribution in [3.63, 3.8) is 0 Å².